The zero-order valence-corrected chi connectivity index (χ0v) is 19.4. The van der Waals surface area contributed by atoms with Crippen molar-refractivity contribution in [3.05, 3.63) is 64.7 Å². The number of carbonyl (C=O) groups is 2. The second kappa shape index (κ2) is 9.62. The molecule has 2 aromatic rings. The van der Waals surface area contributed by atoms with Gasteiger partial charge >= 0.3 is 5.97 Å². The highest BCUT2D eigenvalue weighted by atomic mass is 35.5. The number of likely N-dealkylation sites (tertiary alicyclic amines) is 1. The number of hydrogen-bond acceptors (Lipinski definition) is 5. The highest BCUT2D eigenvalue weighted by Crippen LogP contribution is 2.54. The van der Waals surface area contributed by atoms with Crippen LogP contribution in [0.2, 0.25) is 5.02 Å². The molecule has 7 heteroatoms. The summed E-state index contributed by atoms with van der Waals surface area (Å²) in [5, 5.41) is 11.0. The van der Waals surface area contributed by atoms with Gasteiger partial charge in [0.05, 0.1) is 32.2 Å². The standard InChI is InChI=1S/C25H27ClN2O4/c1-16(2)13-21-23(29)28(14-17-5-9-19(26)10-6-17)22(25(21,15-27)24(30)32-4)18-7-11-20(31-3)12-8-18/h5-12,16,21-22H,13-14H2,1-4H3/t21-,22-,25-/m1/s1. The molecule has 0 unspecified atom stereocenters. The highest BCUT2D eigenvalue weighted by Gasteiger charge is 2.65. The third-order valence-electron chi connectivity index (χ3n) is 5.99. The molecule has 0 bridgehead atoms. The van der Waals surface area contributed by atoms with Crippen molar-refractivity contribution < 1.29 is 19.1 Å². The summed E-state index contributed by atoms with van der Waals surface area (Å²) in [6, 6.07) is 15.7. The Morgan fingerprint density at radius 3 is 2.28 bits per heavy atom. The van der Waals surface area contributed by atoms with E-state index in [1.807, 2.05) is 26.0 Å². The van der Waals surface area contributed by atoms with Gasteiger partial charge in [0, 0.05) is 11.6 Å². The lowest BCUT2D eigenvalue weighted by Crippen LogP contribution is -2.41. The molecule has 3 rings (SSSR count). The van der Waals surface area contributed by atoms with Crippen LogP contribution in [0.25, 0.3) is 0 Å². The van der Waals surface area contributed by atoms with E-state index < -0.39 is 23.3 Å². The van der Waals surface area contributed by atoms with Gasteiger partial charge in [-0.2, -0.15) is 5.26 Å². The molecule has 0 aromatic heterocycles. The van der Waals surface area contributed by atoms with E-state index in [9.17, 15) is 14.9 Å². The minimum absolute atomic E-state index is 0.105. The Bertz CT molecular complexity index is 1010. The normalized spacial score (nSPS) is 22.7. The second-order valence-corrected chi connectivity index (χ2v) is 8.86. The molecule has 32 heavy (non-hydrogen) atoms. The summed E-state index contributed by atoms with van der Waals surface area (Å²) in [5.74, 6) is -1.01. The van der Waals surface area contributed by atoms with Crippen molar-refractivity contribution in [2.75, 3.05) is 14.2 Å². The maximum Gasteiger partial charge on any atom is 0.329 e. The summed E-state index contributed by atoms with van der Waals surface area (Å²) in [7, 11) is 2.82. The zero-order valence-electron chi connectivity index (χ0n) is 18.7. The number of amides is 1. The van der Waals surface area contributed by atoms with Gasteiger partial charge in [-0.1, -0.05) is 49.7 Å². The van der Waals surface area contributed by atoms with Crippen LogP contribution in [0.4, 0.5) is 0 Å². The van der Waals surface area contributed by atoms with Gasteiger partial charge in [0.25, 0.3) is 0 Å². The first-order valence-corrected chi connectivity index (χ1v) is 10.8. The van der Waals surface area contributed by atoms with Crippen molar-refractivity contribution in [2.24, 2.45) is 17.3 Å². The molecule has 0 radical (unpaired) electrons. The largest absolute Gasteiger partial charge is 0.497 e. The number of methoxy groups -OCH3 is 2. The molecule has 0 saturated carbocycles. The van der Waals surface area contributed by atoms with Gasteiger partial charge in [0.15, 0.2) is 5.41 Å². The monoisotopic (exact) mass is 454 g/mol. The molecule has 2 aromatic carbocycles. The number of nitriles is 1. The van der Waals surface area contributed by atoms with Crippen LogP contribution in [-0.2, 0) is 20.9 Å². The van der Waals surface area contributed by atoms with Crippen molar-refractivity contribution in [1.82, 2.24) is 4.90 Å². The zero-order chi connectivity index (χ0) is 23.5. The predicted molar refractivity (Wildman–Crippen MR) is 121 cm³/mol. The third kappa shape index (κ3) is 4.18. The van der Waals surface area contributed by atoms with Gasteiger partial charge in [-0.05, 0) is 47.7 Å². The van der Waals surface area contributed by atoms with Crippen molar-refractivity contribution >= 4 is 23.5 Å². The molecule has 0 spiro atoms. The fourth-order valence-corrected chi connectivity index (χ4v) is 4.63. The molecule has 168 valence electrons. The number of rotatable bonds is 7. The Balaban J connectivity index is 2.19. The molecule has 1 heterocycles. The van der Waals surface area contributed by atoms with E-state index in [1.54, 1.807) is 48.4 Å². The van der Waals surface area contributed by atoms with Crippen LogP contribution in [0.3, 0.4) is 0 Å². The van der Waals surface area contributed by atoms with Gasteiger partial charge < -0.3 is 14.4 Å². The first-order valence-electron chi connectivity index (χ1n) is 10.5. The average molecular weight is 455 g/mol. The summed E-state index contributed by atoms with van der Waals surface area (Å²) in [6.07, 6.45) is 0.394. The molecule has 0 N–H and O–H groups in total. The van der Waals surface area contributed by atoms with E-state index in [0.717, 1.165) is 5.56 Å². The molecule has 1 amide bonds. The Labute approximate surface area is 193 Å². The third-order valence-corrected chi connectivity index (χ3v) is 6.24. The van der Waals surface area contributed by atoms with Gasteiger partial charge in [0.2, 0.25) is 5.91 Å². The lowest BCUT2D eigenvalue weighted by atomic mass is 9.69. The first-order chi connectivity index (χ1) is 15.3. The van der Waals surface area contributed by atoms with Crippen molar-refractivity contribution in [3.63, 3.8) is 0 Å². The summed E-state index contributed by atoms with van der Waals surface area (Å²) >= 11 is 6.02. The van der Waals surface area contributed by atoms with Crippen molar-refractivity contribution in [3.8, 4) is 11.8 Å². The summed E-state index contributed by atoms with van der Waals surface area (Å²) in [6.45, 7) is 4.18. The molecule has 1 aliphatic heterocycles. The molecular formula is C25H27ClN2O4. The van der Waals surface area contributed by atoms with Gasteiger partial charge in [-0.3, -0.25) is 9.59 Å². The van der Waals surface area contributed by atoms with Gasteiger partial charge in [0.1, 0.15) is 5.75 Å². The van der Waals surface area contributed by atoms with E-state index in [0.29, 0.717) is 22.8 Å². The minimum atomic E-state index is -1.67. The number of nitrogens with zero attached hydrogens (tertiary/aromatic N) is 2. The molecule has 3 atom stereocenters. The number of hydrogen-bond donors (Lipinski definition) is 0. The van der Waals surface area contributed by atoms with Crippen molar-refractivity contribution in [1.29, 1.82) is 5.26 Å². The van der Waals surface area contributed by atoms with E-state index in [-0.39, 0.29) is 18.4 Å². The fourth-order valence-electron chi connectivity index (χ4n) is 4.51. The lowest BCUT2D eigenvalue weighted by Gasteiger charge is -2.33. The van der Waals surface area contributed by atoms with Gasteiger partial charge in [-0.15, -0.1) is 0 Å². The van der Waals surface area contributed by atoms with Crippen LogP contribution in [0, 0.1) is 28.6 Å². The molecule has 1 aliphatic rings. The Morgan fingerprint density at radius 2 is 1.78 bits per heavy atom. The Kier molecular flexibility index (Phi) is 7.10. The van der Waals surface area contributed by atoms with Crippen LogP contribution in [0.5, 0.6) is 5.75 Å². The van der Waals surface area contributed by atoms with E-state index >= 15 is 0 Å². The topological polar surface area (TPSA) is 79.6 Å². The van der Waals surface area contributed by atoms with E-state index in [2.05, 4.69) is 6.07 Å². The SMILES string of the molecule is COC(=O)[C@]1(C#N)[C@H](CC(C)C)C(=O)N(Cc2ccc(Cl)cc2)[C@@H]1c1ccc(OC)cc1. The molecule has 1 fully saturated rings. The van der Waals surface area contributed by atoms with Crippen LogP contribution in [0.15, 0.2) is 48.5 Å². The Morgan fingerprint density at radius 1 is 1.16 bits per heavy atom. The molecule has 1 saturated heterocycles. The number of carbonyl (C=O) groups excluding carboxylic acids is 2. The van der Waals surface area contributed by atoms with Crippen LogP contribution in [0.1, 0.15) is 37.4 Å². The highest BCUT2D eigenvalue weighted by molar-refractivity contribution is 6.30. The maximum atomic E-state index is 13.7. The Hall–Kier alpha value is -3.04. The van der Waals surface area contributed by atoms with Crippen molar-refractivity contribution in [2.45, 2.75) is 32.9 Å². The summed E-state index contributed by atoms with van der Waals surface area (Å²) in [4.78, 5) is 28.5. The quantitative estimate of drug-likeness (QED) is 0.562. The molecule has 6 nitrogen and oxygen atoms in total. The number of halogens is 1. The molecular weight excluding hydrogens is 428 g/mol. The minimum Gasteiger partial charge on any atom is -0.497 e. The lowest BCUT2D eigenvalue weighted by molar-refractivity contribution is -0.153. The molecule has 0 aliphatic carbocycles. The second-order valence-electron chi connectivity index (χ2n) is 8.42. The summed E-state index contributed by atoms with van der Waals surface area (Å²) < 4.78 is 10.4. The van der Waals surface area contributed by atoms with Gasteiger partial charge in [-0.25, -0.2) is 0 Å². The fraction of sp³-hybridized carbons (Fsp3) is 0.400. The van der Waals surface area contributed by atoms with E-state index in [4.69, 9.17) is 21.1 Å². The average Bonchev–Trinajstić information content (AvgIpc) is 3.02. The number of esters is 1. The van der Waals surface area contributed by atoms with E-state index in [1.165, 1.54) is 7.11 Å². The van der Waals surface area contributed by atoms with Crippen LogP contribution in [-0.4, -0.2) is 31.0 Å². The smallest absolute Gasteiger partial charge is 0.329 e. The first kappa shape index (κ1) is 23.6. The summed E-state index contributed by atoms with van der Waals surface area (Å²) in [5.41, 5.74) is -0.147. The number of benzene rings is 2. The van der Waals surface area contributed by atoms with Crippen LogP contribution < -0.4 is 4.74 Å². The predicted octanol–water partition coefficient (Wildman–Crippen LogP) is 4.78. The number of ether oxygens (including phenoxy) is 2. The van der Waals surface area contributed by atoms with Crippen LogP contribution >= 0.6 is 11.6 Å². The maximum absolute atomic E-state index is 13.7.